The first-order valence-corrected chi connectivity index (χ1v) is 19.9. The van der Waals surface area contributed by atoms with Gasteiger partial charge in [0.25, 0.3) is 0 Å². The van der Waals surface area contributed by atoms with E-state index in [9.17, 15) is 5.48 Å². The summed E-state index contributed by atoms with van der Waals surface area (Å²) in [6.07, 6.45) is 1.51. The fourth-order valence-corrected chi connectivity index (χ4v) is 10.6. The van der Waals surface area contributed by atoms with Gasteiger partial charge in [0.1, 0.15) is 17.5 Å². The number of nitrogens with zero attached hydrogens (tertiary/aromatic N) is 3. The summed E-state index contributed by atoms with van der Waals surface area (Å²) in [6, 6.07) is 19.7. The average Bonchev–Trinajstić information content (AvgIpc) is 4.17. The summed E-state index contributed by atoms with van der Waals surface area (Å²) < 4.78 is 137. The van der Waals surface area contributed by atoms with E-state index in [1.807, 2.05) is 30.3 Å². The molecule has 0 aliphatic heterocycles. The Hall–Kier alpha value is -7.12. The van der Waals surface area contributed by atoms with Crippen LogP contribution < -0.4 is 0 Å². The van der Waals surface area contributed by atoms with Crippen LogP contribution in [0.25, 0.3) is 123 Å². The summed E-state index contributed by atoms with van der Waals surface area (Å²) in [5.41, 5.74) is 3.41. The predicted octanol–water partition coefficient (Wildman–Crippen LogP) is 15.2. The quantitative estimate of drug-likeness (QED) is 0.178. The van der Waals surface area contributed by atoms with Crippen LogP contribution in [0.1, 0.15) is 19.2 Å². The lowest BCUT2D eigenvalue weighted by Gasteiger charge is -2.07. The molecule has 5 heterocycles. The molecule has 0 radical (unpaired) electrons. The standard InChI is InChI=1S/C52H29N3OS2/c1-2-13-33(14-3-1)55-42-21-6-4-16-40(42)46-43(55)25-24-38-37-19-9-17-34(49(37)56-50(38)46)31-23-26-45-41(28-31)48-52(58-45)47(53-29-54-48)32-12-8-11-30(27-32)35-18-10-20-39-36-15-5-7-22-44(36)57-51(35)39/h1-29H/i1D,2D,3D,4D,6D,9D,13D,14D,16D,17D,19D,21D,24D,25D. The molecule has 0 spiro atoms. The van der Waals surface area contributed by atoms with E-state index in [1.54, 1.807) is 17.4 Å². The third-order valence-corrected chi connectivity index (χ3v) is 13.1. The Labute approximate surface area is 359 Å². The van der Waals surface area contributed by atoms with Gasteiger partial charge in [-0.1, -0.05) is 115 Å². The summed E-state index contributed by atoms with van der Waals surface area (Å²) in [5.74, 6) is 0. The van der Waals surface area contributed by atoms with Crippen molar-refractivity contribution in [3.05, 3.63) is 176 Å². The van der Waals surface area contributed by atoms with E-state index in [4.69, 9.17) is 28.1 Å². The van der Waals surface area contributed by atoms with Gasteiger partial charge in [-0.15, -0.1) is 22.7 Å². The summed E-state index contributed by atoms with van der Waals surface area (Å²) >= 11 is 3.26. The minimum atomic E-state index is -0.733. The zero-order valence-electron chi connectivity index (χ0n) is 43.7. The number of hydrogen-bond donors (Lipinski definition) is 0. The summed E-state index contributed by atoms with van der Waals surface area (Å²) in [7, 11) is 0. The van der Waals surface area contributed by atoms with Crippen LogP contribution in [-0.2, 0) is 0 Å². The maximum Gasteiger partial charge on any atom is 0.145 e. The molecule has 0 atom stereocenters. The minimum absolute atomic E-state index is 0.0798. The van der Waals surface area contributed by atoms with Gasteiger partial charge < -0.3 is 8.98 Å². The first-order chi connectivity index (χ1) is 34.6. The molecule has 4 nitrogen and oxygen atoms in total. The van der Waals surface area contributed by atoms with Crippen LogP contribution in [0.5, 0.6) is 0 Å². The van der Waals surface area contributed by atoms with E-state index < -0.39 is 84.2 Å². The lowest BCUT2D eigenvalue weighted by Crippen LogP contribution is -1.92. The van der Waals surface area contributed by atoms with E-state index in [0.717, 1.165) is 36.4 Å². The largest absolute Gasteiger partial charge is 0.455 e. The number of rotatable bonds is 4. The molecule has 0 aliphatic carbocycles. The molecule has 0 aliphatic rings. The highest BCUT2D eigenvalue weighted by atomic mass is 32.1. The Morgan fingerprint density at radius 1 is 0.500 bits per heavy atom. The minimum Gasteiger partial charge on any atom is -0.455 e. The first kappa shape index (κ1) is 21.4. The highest BCUT2D eigenvalue weighted by Gasteiger charge is 2.21. The van der Waals surface area contributed by atoms with Crippen LogP contribution in [0.4, 0.5) is 0 Å². The van der Waals surface area contributed by atoms with Crippen molar-refractivity contribution in [2.75, 3.05) is 0 Å². The zero-order chi connectivity index (χ0) is 50.1. The zero-order valence-corrected chi connectivity index (χ0v) is 31.4. The van der Waals surface area contributed by atoms with Crippen LogP contribution in [0.3, 0.4) is 0 Å². The third kappa shape index (κ3) is 4.55. The molecule has 13 rings (SSSR count). The number of fused-ring (bicyclic) bond motifs is 13. The second kappa shape index (κ2) is 12.2. The van der Waals surface area contributed by atoms with Gasteiger partial charge >= 0.3 is 0 Å². The Morgan fingerprint density at radius 3 is 2.24 bits per heavy atom. The molecule has 5 aromatic heterocycles. The average molecular weight is 790 g/mol. The molecule has 6 heteroatoms. The van der Waals surface area contributed by atoms with Gasteiger partial charge in [-0.25, -0.2) is 9.97 Å². The molecule has 0 fully saturated rings. The Kier molecular flexibility index (Phi) is 4.50. The highest BCUT2D eigenvalue weighted by Crippen LogP contribution is 2.46. The van der Waals surface area contributed by atoms with Crippen molar-refractivity contribution in [3.8, 4) is 39.2 Å². The van der Waals surface area contributed by atoms with E-state index in [-0.39, 0.29) is 55.4 Å². The van der Waals surface area contributed by atoms with Gasteiger partial charge in [-0.2, -0.15) is 0 Å². The molecule has 0 bridgehead atoms. The smallest absolute Gasteiger partial charge is 0.145 e. The number of para-hydroxylation sites is 3. The number of aromatic nitrogens is 3. The molecule has 8 aromatic carbocycles. The maximum absolute atomic E-state index is 9.49. The van der Waals surface area contributed by atoms with Crippen molar-refractivity contribution in [2.45, 2.75) is 0 Å². The van der Waals surface area contributed by atoms with Crippen LogP contribution in [0.15, 0.2) is 180 Å². The van der Waals surface area contributed by atoms with Crippen molar-refractivity contribution >= 4 is 107 Å². The second-order valence-electron chi connectivity index (χ2n) is 13.8. The number of furan rings is 1. The van der Waals surface area contributed by atoms with Gasteiger partial charge in [-0.3, -0.25) is 0 Å². The monoisotopic (exact) mass is 789 g/mol. The predicted molar refractivity (Wildman–Crippen MR) is 246 cm³/mol. The number of benzene rings is 8. The molecule has 270 valence electrons. The topological polar surface area (TPSA) is 43.9 Å². The lowest BCUT2D eigenvalue weighted by molar-refractivity contribution is 0.674. The van der Waals surface area contributed by atoms with Crippen molar-refractivity contribution in [1.82, 2.24) is 14.5 Å². The van der Waals surface area contributed by atoms with E-state index in [0.29, 0.717) is 16.5 Å². The van der Waals surface area contributed by atoms with E-state index in [1.165, 1.54) is 37.8 Å². The Bertz CT molecular complexity index is 4620. The van der Waals surface area contributed by atoms with Gasteiger partial charge in [0.15, 0.2) is 0 Å². The van der Waals surface area contributed by atoms with Crippen LogP contribution in [0.2, 0.25) is 0 Å². The summed E-state index contributed by atoms with van der Waals surface area (Å²) in [6.45, 7) is 0. The second-order valence-corrected chi connectivity index (χ2v) is 15.9. The molecule has 0 N–H and O–H groups in total. The van der Waals surface area contributed by atoms with Gasteiger partial charge in [0, 0.05) is 63.2 Å². The Morgan fingerprint density at radius 2 is 1.28 bits per heavy atom. The lowest BCUT2D eigenvalue weighted by atomic mass is 9.99. The van der Waals surface area contributed by atoms with E-state index in [2.05, 4.69) is 48.5 Å². The molecular formula is C52H29N3OS2. The summed E-state index contributed by atoms with van der Waals surface area (Å²) in [5, 5.41) is 2.52. The molecule has 0 saturated heterocycles. The van der Waals surface area contributed by atoms with Gasteiger partial charge in [0.2, 0.25) is 0 Å². The molecule has 13 aromatic rings. The molecule has 0 saturated carbocycles. The number of thiophene rings is 2. The van der Waals surface area contributed by atoms with Crippen molar-refractivity contribution in [1.29, 1.82) is 0 Å². The molecule has 58 heavy (non-hydrogen) atoms. The third-order valence-electron chi connectivity index (χ3n) is 10.7. The first-order valence-electron chi connectivity index (χ1n) is 25.2. The van der Waals surface area contributed by atoms with Crippen molar-refractivity contribution < 1.29 is 23.6 Å². The fraction of sp³-hybridized carbons (Fsp3) is 0. The van der Waals surface area contributed by atoms with Crippen LogP contribution in [-0.4, -0.2) is 14.5 Å². The van der Waals surface area contributed by atoms with E-state index >= 15 is 0 Å². The van der Waals surface area contributed by atoms with Gasteiger partial charge in [-0.05, 0) is 71.2 Å². The molecule has 0 amide bonds. The van der Waals surface area contributed by atoms with Crippen molar-refractivity contribution in [2.24, 2.45) is 0 Å². The van der Waals surface area contributed by atoms with Gasteiger partial charge in [0.05, 0.1) is 51.5 Å². The number of hydrogen-bond acceptors (Lipinski definition) is 5. The maximum atomic E-state index is 9.49. The summed E-state index contributed by atoms with van der Waals surface area (Å²) in [4.78, 5) is 9.54. The van der Waals surface area contributed by atoms with Crippen LogP contribution in [0, 0.1) is 0 Å². The molecule has 0 unspecified atom stereocenters. The normalized spacial score (nSPS) is 15.5. The fourth-order valence-electron chi connectivity index (χ4n) is 8.22. The van der Waals surface area contributed by atoms with Crippen molar-refractivity contribution in [3.63, 3.8) is 0 Å². The van der Waals surface area contributed by atoms with Crippen LogP contribution >= 0.6 is 22.7 Å². The Balaban J connectivity index is 1.05. The molecular weight excluding hydrogens is 747 g/mol. The SMILES string of the molecule is [2H]c1c([2H])c([2H])c(-n2c3c([2H])c([2H])c([2H])c([2H])c3c3c4oc5c(-c6ccc7sc8c(-c9cccc(-c%10cccc%11c%10sc%10ccccc%10%11)c9)ncnc8c7c6)c([2H])c([2H])c([2H])c5c4c([2H])c([2H])c32)c([2H])c1[2H]. The highest BCUT2D eigenvalue weighted by molar-refractivity contribution is 7.26.